The van der Waals surface area contributed by atoms with Gasteiger partial charge in [0.15, 0.2) is 23.0 Å². The summed E-state index contributed by atoms with van der Waals surface area (Å²) in [6, 6.07) is 91.7. The molecule has 0 bridgehead atoms. The molecule has 10 nitrogen and oxygen atoms in total. The summed E-state index contributed by atoms with van der Waals surface area (Å²) in [5.41, 5.74) is 22.3. The summed E-state index contributed by atoms with van der Waals surface area (Å²) >= 11 is 0. The van der Waals surface area contributed by atoms with Gasteiger partial charge >= 0.3 is 0 Å². The summed E-state index contributed by atoms with van der Waals surface area (Å²) in [6.45, 7) is 6.21. The maximum atomic E-state index is 6.75. The first-order valence-electron chi connectivity index (χ1n) is 32.2. The SMILES string of the molecule is CC1(C)c2ccccc2-c2ccc(N(c3cc4c5c(c3)N(c3ccc6c(c3)OCCO6)c3cc6c(cc3B5c3ccc(-c5cc7ccccc7o5)cc3N4c3cccc(-c4cc5ccccc5o4)c3)OCCO6)c3ccc4cc(-c5cc6ccccc6o5)ccc4c3)cc21. The van der Waals surface area contributed by atoms with Gasteiger partial charge in [0.2, 0.25) is 0 Å². The molecule has 0 N–H and O–H groups in total. The van der Waals surface area contributed by atoms with E-state index < -0.39 is 0 Å². The quantitative estimate of drug-likeness (QED) is 0.137. The molecular weight excluding hydrogens is 1160 g/mol. The van der Waals surface area contributed by atoms with Crippen molar-refractivity contribution in [1.82, 2.24) is 0 Å². The van der Waals surface area contributed by atoms with Crippen molar-refractivity contribution in [1.29, 1.82) is 0 Å². The fourth-order valence-corrected chi connectivity index (χ4v) is 15.5. The molecule has 0 atom stereocenters. The molecule has 0 fully saturated rings. The normalized spacial score (nSPS) is 14.5. The third kappa shape index (κ3) is 8.10. The highest BCUT2D eigenvalue weighted by atomic mass is 16.6. The third-order valence-corrected chi connectivity index (χ3v) is 19.9. The third-order valence-electron chi connectivity index (χ3n) is 19.9. The van der Waals surface area contributed by atoms with E-state index >= 15 is 0 Å². The molecule has 94 heavy (non-hydrogen) atoms. The minimum absolute atomic E-state index is 0.286. The highest BCUT2D eigenvalue weighted by Crippen LogP contribution is 2.55. The second-order valence-electron chi connectivity index (χ2n) is 25.6. The zero-order valence-corrected chi connectivity index (χ0v) is 51.4. The lowest BCUT2D eigenvalue weighted by atomic mass is 9.33. The van der Waals surface area contributed by atoms with Gasteiger partial charge in [-0.3, -0.25) is 0 Å². The molecule has 20 rings (SSSR count). The van der Waals surface area contributed by atoms with E-state index in [1.165, 1.54) is 22.3 Å². The minimum atomic E-state index is -0.303. The molecule has 0 spiro atoms. The van der Waals surface area contributed by atoms with E-state index in [-0.39, 0.29) is 12.1 Å². The zero-order valence-electron chi connectivity index (χ0n) is 51.4. The Bertz CT molecular complexity index is 5600. The van der Waals surface area contributed by atoms with Crippen LogP contribution in [0.25, 0.3) is 88.8 Å². The van der Waals surface area contributed by atoms with E-state index in [1.54, 1.807) is 0 Å². The van der Waals surface area contributed by atoms with E-state index in [0.717, 1.165) is 145 Å². The molecule has 5 aliphatic rings. The number of para-hydroxylation sites is 3. The van der Waals surface area contributed by atoms with Crippen LogP contribution >= 0.6 is 0 Å². The molecule has 7 heterocycles. The van der Waals surface area contributed by atoms with Crippen molar-refractivity contribution in [3.05, 3.63) is 266 Å². The van der Waals surface area contributed by atoms with Crippen LogP contribution in [0.1, 0.15) is 25.0 Å². The molecule has 11 heteroatoms. The van der Waals surface area contributed by atoms with Crippen LogP contribution in [0, 0.1) is 0 Å². The van der Waals surface area contributed by atoms with Gasteiger partial charge in [0.1, 0.15) is 60.5 Å². The molecule has 0 amide bonds. The van der Waals surface area contributed by atoms with Crippen molar-refractivity contribution in [2.24, 2.45) is 0 Å². The summed E-state index contributed by atoms with van der Waals surface area (Å²) in [5, 5.41) is 5.34. The topological polar surface area (TPSA) is 86.1 Å². The predicted molar refractivity (Wildman–Crippen MR) is 378 cm³/mol. The average Bonchev–Trinajstić information content (AvgIpc) is 0.878. The Hall–Kier alpha value is -11.8. The van der Waals surface area contributed by atoms with E-state index in [4.69, 9.17) is 32.2 Å². The van der Waals surface area contributed by atoms with Crippen molar-refractivity contribution in [2.45, 2.75) is 19.3 Å². The summed E-state index contributed by atoms with van der Waals surface area (Å²) in [4.78, 5) is 7.34. The van der Waals surface area contributed by atoms with Crippen molar-refractivity contribution in [3.8, 4) is 68.1 Å². The van der Waals surface area contributed by atoms with E-state index in [0.29, 0.717) is 49.4 Å². The maximum absolute atomic E-state index is 6.75. The second-order valence-corrected chi connectivity index (χ2v) is 25.6. The molecule has 0 unspecified atom stereocenters. The van der Waals surface area contributed by atoms with Crippen molar-refractivity contribution in [2.75, 3.05) is 41.1 Å². The molecule has 0 radical (unpaired) electrons. The first-order chi connectivity index (χ1) is 46.3. The van der Waals surface area contributed by atoms with Gasteiger partial charge in [-0.15, -0.1) is 0 Å². The van der Waals surface area contributed by atoms with Crippen LogP contribution in [0.4, 0.5) is 51.2 Å². The minimum Gasteiger partial charge on any atom is -0.486 e. The summed E-state index contributed by atoms with van der Waals surface area (Å²) in [7, 11) is 0. The standard InChI is InChI=1S/C83H56BN3O7/c1-83(2)64-18-7-6-17-62(64)63-29-27-59(43-65(63)83)85(58-26-24-49-36-55(23-22-50(49)37-58)77-41-53-13-4-9-20-73(53)93-77)61-44-70-82-71(45-61)87(60-28-31-75-79(46-60)89-33-32-88-75)69-48-81-80(90-34-35-91-81)47-67(69)84(82)66-30-25-56(78-42-54-14-5-10-21-74(54)94-78)39-68(66)86(70)57-16-11-15-51(38-57)76-40-52-12-3-8-19-72(52)92-76/h3-31,36-48H,32-35H2,1-2H3. The average molecular weight is 1220 g/mol. The molecule has 12 aromatic carbocycles. The van der Waals surface area contributed by atoms with Crippen LogP contribution in [0.2, 0.25) is 0 Å². The fourth-order valence-electron chi connectivity index (χ4n) is 15.5. The zero-order chi connectivity index (χ0) is 61.9. The summed E-state index contributed by atoms with van der Waals surface area (Å²) in [5.74, 6) is 5.19. The van der Waals surface area contributed by atoms with Gasteiger partial charge in [-0.05, 0) is 165 Å². The Morgan fingerprint density at radius 2 is 0.872 bits per heavy atom. The number of furan rings is 3. The fraction of sp³-hybridized carbons (Fsp3) is 0.0843. The van der Waals surface area contributed by atoms with Crippen molar-refractivity contribution < 1.29 is 32.2 Å². The molecule has 1 aliphatic carbocycles. The number of ether oxygens (including phenoxy) is 4. The summed E-state index contributed by atoms with van der Waals surface area (Å²) < 4.78 is 45.7. The van der Waals surface area contributed by atoms with Crippen molar-refractivity contribution >= 4 is 118 Å². The number of benzene rings is 12. The predicted octanol–water partition coefficient (Wildman–Crippen LogP) is 19.5. The second kappa shape index (κ2) is 20.1. The van der Waals surface area contributed by atoms with Crippen LogP contribution in [0.5, 0.6) is 23.0 Å². The number of nitrogens with zero attached hydrogens (tertiary/aromatic N) is 3. The Labute approximate surface area is 541 Å². The molecule has 3 aromatic heterocycles. The van der Waals surface area contributed by atoms with Gasteiger partial charge in [0.25, 0.3) is 6.71 Å². The lowest BCUT2D eigenvalue weighted by Gasteiger charge is -2.45. The van der Waals surface area contributed by atoms with E-state index in [1.807, 2.05) is 42.5 Å². The first kappa shape index (κ1) is 52.9. The number of anilines is 9. The number of fused-ring (bicyclic) bond motifs is 13. The molecule has 448 valence electrons. The van der Waals surface area contributed by atoms with E-state index in [9.17, 15) is 0 Å². The maximum Gasteiger partial charge on any atom is 0.252 e. The molecule has 0 saturated heterocycles. The van der Waals surface area contributed by atoms with Crippen LogP contribution in [-0.4, -0.2) is 33.1 Å². The van der Waals surface area contributed by atoms with Gasteiger partial charge in [-0.2, -0.15) is 0 Å². The van der Waals surface area contributed by atoms with Crippen LogP contribution in [-0.2, 0) is 5.41 Å². The first-order valence-corrected chi connectivity index (χ1v) is 32.2. The molecule has 15 aromatic rings. The van der Waals surface area contributed by atoms with Crippen LogP contribution in [0.15, 0.2) is 268 Å². The van der Waals surface area contributed by atoms with Crippen molar-refractivity contribution in [3.63, 3.8) is 0 Å². The Balaban J connectivity index is 0.876. The van der Waals surface area contributed by atoms with Gasteiger partial charge in [-0.25, -0.2) is 0 Å². The van der Waals surface area contributed by atoms with E-state index in [2.05, 4.69) is 241 Å². The van der Waals surface area contributed by atoms with Crippen LogP contribution < -0.4 is 50.0 Å². The highest BCUT2D eigenvalue weighted by molar-refractivity contribution is 7.00. The van der Waals surface area contributed by atoms with Gasteiger partial charge in [0.05, 0.1) is 11.4 Å². The summed E-state index contributed by atoms with van der Waals surface area (Å²) in [6.07, 6.45) is 0. The van der Waals surface area contributed by atoms with Gasteiger partial charge < -0.3 is 46.9 Å². The number of hydrogen-bond donors (Lipinski definition) is 0. The monoisotopic (exact) mass is 1220 g/mol. The lowest BCUT2D eigenvalue weighted by molar-refractivity contribution is 0.171. The van der Waals surface area contributed by atoms with Gasteiger partial charge in [-0.1, -0.05) is 141 Å². The lowest BCUT2D eigenvalue weighted by Crippen LogP contribution is -2.61. The Kier molecular flexibility index (Phi) is 11.3. The van der Waals surface area contributed by atoms with Gasteiger partial charge in [0, 0.05) is 90.2 Å². The number of rotatable bonds is 8. The number of hydrogen-bond acceptors (Lipinski definition) is 10. The Morgan fingerprint density at radius 3 is 1.56 bits per heavy atom. The Morgan fingerprint density at radius 1 is 0.340 bits per heavy atom. The molecule has 0 saturated carbocycles. The smallest absolute Gasteiger partial charge is 0.252 e. The largest absolute Gasteiger partial charge is 0.486 e. The van der Waals surface area contributed by atoms with Crippen LogP contribution in [0.3, 0.4) is 0 Å². The highest BCUT2D eigenvalue weighted by Gasteiger charge is 2.46. The molecular formula is C83H56BN3O7. The molecule has 4 aliphatic heterocycles.